The van der Waals surface area contributed by atoms with Gasteiger partial charge in [0.05, 0.1) is 39.9 Å². The zero-order valence-electron chi connectivity index (χ0n) is 51.8. The monoisotopic (exact) mass is 1090 g/mol. The number of carbonyl (C=O) groups is 1. The molecule has 0 saturated heterocycles. The van der Waals surface area contributed by atoms with Crippen LogP contribution in [0.1, 0.15) is 348 Å². The molecule has 0 spiro atoms. The number of carbonyl (C=O) groups excluding carboxylic acids is 1. The van der Waals surface area contributed by atoms with Crippen molar-refractivity contribution >= 4 is 13.7 Å². The number of rotatable bonds is 63. The molecular formula is C67H134N2O6P+. The highest BCUT2D eigenvalue weighted by Gasteiger charge is 2.28. The molecule has 452 valence electrons. The zero-order valence-corrected chi connectivity index (χ0v) is 52.7. The number of nitrogens with zero attached hydrogens (tertiary/aromatic N) is 1. The van der Waals surface area contributed by atoms with E-state index in [4.69, 9.17) is 9.05 Å². The smallest absolute Gasteiger partial charge is 0.391 e. The number of aliphatic hydroxyl groups is 1. The van der Waals surface area contributed by atoms with Crippen molar-refractivity contribution in [2.24, 2.45) is 0 Å². The molecule has 1 amide bonds. The Morgan fingerprint density at radius 1 is 0.447 bits per heavy atom. The fourth-order valence-electron chi connectivity index (χ4n) is 10.4. The minimum absolute atomic E-state index is 0.0769. The Morgan fingerprint density at radius 3 is 1.08 bits per heavy atom. The molecule has 3 N–H and O–H groups in total. The highest BCUT2D eigenvalue weighted by Crippen LogP contribution is 2.43. The molecule has 9 heteroatoms. The van der Waals surface area contributed by atoms with Gasteiger partial charge in [-0.3, -0.25) is 13.8 Å². The average molecular weight is 1090 g/mol. The van der Waals surface area contributed by atoms with Crippen molar-refractivity contribution in [1.29, 1.82) is 0 Å². The van der Waals surface area contributed by atoms with Crippen molar-refractivity contribution < 1.29 is 32.9 Å². The lowest BCUT2D eigenvalue weighted by molar-refractivity contribution is -0.870. The van der Waals surface area contributed by atoms with E-state index in [1.807, 2.05) is 21.1 Å². The molecular weight excluding hydrogens is 960 g/mol. The van der Waals surface area contributed by atoms with Crippen molar-refractivity contribution in [2.75, 3.05) is 40.9 Å². The summed E-state index contributed by atoms with van der Waals surface area (Å²) in [6.07, 6.45) is 75.5. The molecule has 0 saturated carbocycles. The number of phosphoric acid groups is 1. The third kappa shape index (κ3) is 60.6. The second-order valence-electron chi connectivity index (χ2n) is 24.6. The molecule has 0 aromatic heterocycles. The molecule has 3 unspecified atom stereocenters. The van der Waals surface area contributed by atoms with Gasteiger partial charge in [0.2, 0.25) is 5.91 Å². The largest absolute Gasteiger partial charge is 0.472 e. The van der Waals surface area contributed by atoms with E-state index in [0.29, 0.717) is 23.9 Å². The Morgan fingerprint density at radius 2 is 0.750 bits per heavy atom. The number of amides is 1. The normalized spacial score (nSPS) is 13.8. The van der Waals surface area contributed by atoms with Gasteiger partial charge in [-0.25, -0.2) is 4.57 Å². The van der Waals surface area contributed by atoms with Gasteiger partial charge in [0.15, 0.2) is 0 Å². The molecule has 76 heavy (non-hydrogen) atoms. The predicted octanol–water partition coefficient (Wildman–Crippen LogP) is 21.1. The molecule has 0 radical (unpaired) electrons. The quantitative estimate of drug-likeness (QED) is 0.0243. The molecule has 0 aliphatic rings. The Balaban J connectivity index is 4.04. The lowest BCUT2D eigenvalue weighted by Gasteiger charge is -2.26. The van der Waals surface area contributed by atoms with Gasteiger partial charge in [-0.15, -0.1) is 0 Å². The van der Waals surface area contributed by atoms with Crippen LogP contribution in [0.3, 0.4) is 0 Å². The minimum atomic E-state index is -4.33. The summed E-state index contributed by atoms with van der Waals surface area (Å²) in [5, 5.41) is 14.1. The van der Waals surface area contributed by atoms with Crippen LogP contribution in [0.25, 0.3) is 0 Å². The molecule has 0 aromatic rings. The number of quaternary nitrogens is 1. The number of hydrogen-bond acceptors (Lipinski definition) is 5. The van der Waals surface area contributed by atoms with E-state index >= 15 is 0 Å². The van der Waals surface area contributed by atoms with Crippen LogP contribution in [-0.2, 0) is 18.4 Å². The fraction of sp³-hybridized carbons (Fsp3) is 0.925. The van der Waals surface area contributed by atoms with Crippen LogP contribution in [0.4, 0.5) is 0 Å². The highest BCUT2D eigenvalue weighted by atomic mass is 31.2. The van der Waals surface area contributed by atoms with Gasteiger partial charge in [0.25, 0.3) is 0 Å². The highest BCUT2D eigenvalue weighted by molar-refractivity contribution is 7.47. The first kappa shape index (κ1) is 75.0. The van der Waals surface area contributed by atoms with Crippen LogP contribution in [0.5, 0.6) is 0 Å². The van der Waals surface area contributed by atoms with E-state index in [1.54, 1.807) is 0 Å². The van der Waals surface area contributed by atoms with E-state index in [-0.39, 0.29) is 19.1 Å². The number of allylic oxidation sites excluding steroid dienone is 4. The molecule has 0 bridgehead atoms. The first-order valence-electron chi connectivity index (χ1n) is 33.7. The lowest BCUT2D eigenvalue weighted by Crippen LogP contribution is -2.46. The summed E-state index contributed by atoms with van der Waals surface area (Å²) in [6.45, 7) is 4.94. The van der Waals surface area contributed by atoms with E-state index in [1.165, 1.54) is 276 Å². The Bertz CT molecular complexity index is 1290. The maximum Gasteiger partial charge on any atom is 0.472 e. The number of nitrogens with one attached hydrogen (secondary N) is 1. The Labute approximate surface area is 474 Å². The van der Waals surface area contributed by atoms with E-state index in [2.05, 4.69) is 43.5 Å². The maximum atomic E-state index is 13.1. The van der Waals surface area contributed by atoms with Gasteiger partial charge in [-0.2, -0.15) is 0 Å². The van der Waals surface area contributed by atoms with E-state index in [0.717, 1.165) is 44.9 Å². The van der Waals surface area contributed by atoms with Crippen LogP contribution in [0.15, 0.2) is 24.3 Å². The summed E-state index contributed by atoms with van der Waals surface area (Å²) in [6, 6.07) is -0.760. The van der Waals surface area contributed by atoms with Gasteiger partial charge in [-0.05, 0) is 44.9 Å². The van der Waals surface area contributed by atoms with Crippen LogP contribution in [0, 0.1) is 0 Å². The average Bonchev–Trinajstić information content (AvgIpc) is 3.38. The van der Waals surface area contributed by atoms with Gasteiger partial charge < -0.3 is 19.8 Å². The van der Waals surface area contributed by atoms with Crippen molar-refractivity contribution in [1.82, 2.24) is 5.32 Å². The van der Waals surface area contributed by atoms with E-state index < -0.39 is 20.0 Å². The number of phosphoric ester groups is 1. The summed E-state index contributed by atoms with van der Waals surface area (Å²) in [4.78, 5) is 23.4. The summed E-state index contributed by atoms with van der Waals surface area (Å²) in [7, 11) is 1.63. The summed E-state index contributed by atoms with van der Waals surface area (Å²) in [5.41, 5.74) is 0. The number of unbranched alkanes of at least 4 members (excludes halogenated alkanes) is 46. The topological polar surface area (TPSA) is 105 Å². The lowest BCUT2D eigenvalue weighted by atomic mass is 10.0. The standard InChI is InChI=1S/C67H133N2O6P/c1-6-8-10-12-14-16-18-20-22-24-26-28-30-32-34-36-38-40-42-44-46-48-50-52-54-56-58-60-66(70)65(64-75-76(72,73)74-63-62-69(3,4)5)68-67(71)61-59-57-55-53-51-49-47-45-43-41-39-37-35-33-31-29-27-25-23-21-19-17-15-13-11-9-7-2/h19,21,25,27,65-66,70H,6-18,20,22-24,26,28-64H2,1-5H3,(H-,68,71,72,73)/p+1/b21-19-,27-25-. The molecule has 3 atom stereocenters. The molecule has 0 aliphatic carbocycles. The summed E-state index contributed by atoms with van der Waals surface area (Å²) < 4.78 is 23.9. The Hall–Kier alpha value is -1.02. The Kier molecular flexibility index (Phi) is 57.8. The predicted molar refractivity (Wildman–Crippen MR) is 332 cm³/mol. The first-order valence-corrected chi connectivity index (χ1v) is 35.2. The van der Waals surface area contributed by atoms with Crippen molar-refractivity contribution in [3.05, 3.63) is 24.3 Å². The van der Waals surface area contributed by atoms with E-state index in [9.17, 15) is 19.4 Å². The number of hydrogen-bond donors (Lipinski definition) is 3. The summed E-state index contributed by atoms with van der Waals surface area (Å²) >= 11 is 0. The molecule has 0 fully saturated rings. The first-order chi connectivity index (χ1) is 37.0. The fourth-order valence-corrected chi connectivity index (χ4v) is 11.2. The molecule has 0 heterocycles. The van der Waals surface area contributed by atoms with Gasteiger partial charge >= 0.3 is 7.82 Å². The van der Waals surface area contributed by atoms with Gasteiger partial charge in [0, 0.05) is 6.42 Å². The zero-order chi connectivity index (χ0) is 55.6. The SMILES string of the molecule is CCCCCCC/C=C\C/C=C\CCCCCCCCCCCCCCCCCC(=O)NC(COP(=O)(O)OCC[N+](C)(C)C)C(O)CCCCCCCCCCCCCCCCCCCCCCCCCCCCC. The van der Waals surface area contributed by atoms with Crippen LogP contribution >= 0.6 is 7.82 Å². The van der Waals surface area contributed by atoms with Crippen molar-refractivity contribution in [3.63, 3.8) is 0 Å². The van der Waals surface area contributed by atoms with Crippen molar-refractivity contribution in [2.45, 2.75) is 360 Å². The molecule has 0 rings (SSSR count). The third-order valence-corrected chi connectivity index (χ3v) is 16.7. The van der Waals surface area contributed by atoms with Crippen LogP contribution in [0.2, 0.25) is 0 Å². The third-order valence-electron chi connectivity index (χ3n) is 15.7. The van der Waals surface area contributed by atoms with Crippen molar-refractivity contribution in [3.8, 4) is 0 Å². The molecule has 0 aromatic carbocycles. The van der Waals surface area contributed by atoms with Gasteiger partial charge in [0.1, 0.15) is 13.2 Å². The van der Waals surface area contributed by atoms with Gasteiger partial charge in [-0.1, -0.05) is 321 Å². The number of likely N-dealkylation sites (N-methyl/N-ethyl adjacent to an activating group) is 1. The molecule has 0 aliphatic heterocycles. The van der Waals surface area contributed by atoms with Crippen LogP contribution < -0.4 is 5.32 Å². The van der Waals surface area contributed by atoms with Crippen LogP contribution in [-0.4, -0.2) is 73.4 Å². The molecule has 8 nitrogen and oxygen atoms in total. The second kappa shape index (κ2) is 58.6. The summed E-state index contributed by atoms with van der Waals surface area (Å²) in [5.74, 6) is -0.138. The number of aliphatic hydroxyl groups excluding tert-OH is 1. The minimum Gasteiger partial charge on any atom is -0.391 e. The second-order valence-corrected chi connectivity index (χ2v) is 26.0. The maximum absolute atomic E-state index is 13.1.